The smallest absolute Gasteiger partial charge is 0.325 e. The lowest BCUT2D eigenvalue weighted by molar-refractivity contribution is -0.181. The van der Waals surface area contributed by atoms with E-state index in [1.165, 1.54) is 25.3 Å². The first-order chi connectivity index (χ1) is 32.4. The molecule has 350 valence electrons. The zero-order valence-electron chi connectivity index (χ0n) is 37.3. The van der Waals surface area contributed by atoms with Crippen molar-refractivity contribution in [2.45, 2.75) is 57.0 Å². The number of carbonyl (C=O) groups is 6. The van der Waals surface area contributed by atoms with Gasteiger partial charge in [0.2, 0.25) is 18.1 Å². The minimum absolute atomic E-state index is 0.121. The molecule has 3 atom stereocenters. The van der Waals surface area contributed by atoms with Crippen LogP contribution < -0.4 is 41.8 Å². The highest BCUT2D eigenvalue weighted by Crippen LogP contribution is 2.38. The number of aryl methyl sites for hydroxylation is 1. The minimum Gasteiger partial charge on any atom is -0.494 e. The average Bonchev–Trinajstić information content (AvgIpc) is 3.91. The summed E-state index contributed by atoms with van der Waals surface area (Å²) in [6.07, 6.45) is 3.85. The van der Waals surface area contributed by atoms with Crippen molar-refractivity contribution in [2.24, 2.45) is 12.8 Å². The zero-order valence-corrected chi connectivity index (χ0v) is 37.3. The van der Waals surface area contributed by atoms with Crippen LogP contribution >= 0.6 is 0 Å². The maximum atomic E-state index is 13.2. The summed E-state index contributed by atoms with van der Waals surface area (Å²) in [6, 6.07) is 17.4. The standard InChI is InChI=1S/C46H51N11O10/c1-48-33(46(63)67-39(64-3)24-66-36-13-8-9-28-31(36)23-57(45(28)62)35-18-19-38(58)54-44(35)61)11-5-6-20-49-43(60)26-14-16-27(17-15-26)52-37-21-34(30(22-50-37)41(47)59)53-32-12-7-10-29(40(32)65-4)42-51-25-56(2)55-42/h7-10,12-17,21-22,25,33,35,39,48H,5-6,11,18-20,23-24H2,1-4H3,(H2,47,59)(H,49,60)(H2,50,52,53)(H,54,58,61)/t33-,35?,39?/m0/s1. The molecule has 0 spiro atoms. The van der Waals surface area contributed by atoms with Gasteiger partial charge in [0.1, 0.15) is 30.0 Å². The normalized spacial score (nSPS) is 15.3. The molecule has 2 unspecified atom stereocenters. The molecular weight excluding hydrogens is 867 g/mol. The van der Waals surface area contributed by atoms with Gasteiger partial charge < -0.3 is 50.8 Å². The zero-order chi connectivity index (χ0) is 47.6. The Hall–Kier alpha value is -7.91. The maximum absolute atomic E-state index is 13.2. The van der Waals surface area contributed by atoms with Crippen LogP contribution in [-0.4, -0.2) is 113 Å². The number of hydrogen-bond donors (Lipinski definition) is 6. The first-order valence-corrected chi connectivity index (χ1v) is 21.4. The molecule has 2 aromatic heterocycles. The molecule has 2 aliphatic heterocycles. The molecular formula is C46H51N11O10. The van der Waals surface area contributed by atoms with Gasteiger partial charge in [-0.1, -0.05) is 12.1 Å². The number of piperidine rings is 1. The van der Waals surface area contributed by atoms with Crippen molar-refractivity contribution in [3.8, 4) is 22.9 Å². The number of hydrogen-bond acceptors (Lipinski definition) is 16. The van der Waals surface area contributed by atoms with Gasteiger partial charge in [0.15, 0.2) is 18.2 Å². The molecule has 21 heteroatoms. The first kappa shape index (κ1) is 47.1. The first-order valence-electron chi connectivity index (χ1n) is 21.4. The molecule has 3 aromatic carbocycles. The van der Waals surface area contributed by atoms with Gasteiger partial charge in [-0.05, 0) is 81.3 Å². The molecule has 7 N–H and O–H groups in total. The Morgan fingerprint density at radius 3 is 2.43 bits per heavy atom. The third kappa shape index (κ3) is 11.1. The van der Waals surface area contributed by atoms with Crippen molar-refractivity contribution in [1.29, 1.82) is 0 Å². The van der Waals surface area contributed by atoms with Crippen LogP contribution in [0.25, 0.3) is 11.4 Å². The Labute approximate surface area is 385 Å². The number of amides is 5. The SMILES string of the molecule is CN[C@@H](CCCCNC(=O)c1ccc(Nc2cc(Nc3cccc(-c4ncn(C)n4)c3OC)c(C(N)=O)cn2)cc1)C(=O)OC(COc1cccc2c1CN(C1CCC(=O)NC1=O)C2=O)OC. The van der Waals surface area contributed by atoms with E-state index >= 15 is 0 Å². The number of aromatic nitrogens is 4. The fraction of sp³-hybridized carbons (Fsp3) is 0.326. The number of fused-ring (bicyclic) bond motifs is 1. The lowest BCUT2D eigenvalue weighted by Crippen LogP contribution is -2.52. The van der Waals surface area contributed by atoms with Crippen LogP contribution in [-0.2, 0) is 37.4 Å². The summed E-state index contributed by atoms with van der Waals surface area (Å²) in [5, 5.41) is 19.0. The number of para-hydroxylation sites is 1. The molecule has 21 nitrogen and oxygen atoms in total. The molecule has 0 bridgehead atoms. The van der Waals surface area contributed by atoms with Crippen molar-refractivity contribution >= 4 is 58.4 Å². The summed E-state index contributed by atoms with van der Waals surface area (Å²) >= 11 is 0. The largest absolute Gasteiger partial charge is 0.494 e. The van der Waals surface area contributed by atoms with Crippen molar-refractivity contribution in [2.75, 3.05) is 45.1 Å². The topological polar surface area (TPSA) is 272 Å². The number of nitrogens with zero attached hydrogens (tertiary/aromatic N) is 5. The molecule has 0 radical (unpaired) electrons. The van der Waals surface area contributed by atoms with Crippen LogP contribution in [0.5, 0.6) is 11.5 Å². The number of pyridine rings is 1. The number of esters is 1. The summed E-state index contributed by atoms with van der Waals surface area (Å²) in [4.78, 5) is 85.9. The van der Waals surface area contributed by atoms with Crippen LogP contribution in [0, 0.1) is 0 Å². The highest BCUT2D eigenvalue weighted by Gasteiger charge is 2.40. The number of likely N-dealkylation sites (N-methyl/N-ethyl adjacent to an activating group) is 1. The second-order valence-electron chi connectivity index (χ2n) is 15.6. The number of primary amides is 1. The van der Waals surface area contributed by atoms with Crippen LogP contribution in [0.1, 0.15) is 68.7 Å². The molecule has 1 fully saturated rings. The van der Waals surface area contributed by atoms with Crippen molar-refractivity contribution in [3.05, 3.63) is 102 Å². The van der Waals surface area contributed by atoms with Crippen LogP contribution in [0.15, 0.2) is 79.3 Å². The Bertz CT molecular complexity index is 2660. The quantitative estimate of drug-likeness (QED) is 0.0267. The second-order valence-corrected chi connectivity index (χ2v) is 15.6. The number of benzene rings is 3. The van der Waals surface area contributed by atoms with E-state index < -0.39 is 36.2 Å². The maximum Gasteiger partial charge on any atom is 0.325 e. The number of imide groups is 1. The van der Waals surface area contributed by atoms with Gasteiger partial charge in [0, 0.05) is 61.8 Å². The van der Waals surface area contributed by atoms with E-state index in [-0.39, 0.29) is 49.3 Å². The fourth-order valence-electron chi connectivity index (χ4n) is 7.69. The van der Waals surface area contributed by atoms with Crippen LogP contribution in [0.3, 0.4) is 0 Å². The van der Waals surface area contributed by atoms with Gasteiger partial charge in [-0.15, -0.1) is 0 Å². The van der Waals surface area contributed by atoms with Gasteiger partial charge in [-0.25, -0.2) is 9.97 Å². The number of nitrogens with two attached hydrogens (primary N) is 1. The number of rotatable bonds is 21. The number of anilines is 4. The number of carbonyl (C=O) groups excluding carboxylic acids is 6. The summed E-state index contributed by atoms with van der Waals surface area (Å²) in [6.45, 7) is 0.320. The molecule has 5 aromatic rings. The van der Waals surface area contributed by atoms with E-state index in [2.05, 4.69) is 41.7 Å². The van der Waals surface area contributed by atoms with Gasteiger partial charge in [-0.2, -0.15) is 5.10 Å². The Morgan fingerprint density at radius 1 is 0.955 bits per heavy atom. The third-order valence-electron chi connectivity index (χ3n) is 11.2. The second kappa shape index (κ2) is 21.4. The van der Waals surface area contributed by atoms with Gasteiger partial charge >= 0.3 is 5.97 Å². The lowest BCUT2D eigenvalue weighted by Gasteiger charge is -2.29. The lowest BCUT2D eigenvalue weighted by atomic mass is 10.0. The predicted octanol–water partition coefficient (Wildman–Crippen LogP) is 3.32. The van der Waals surface area contributed by atoms with E-state index in [9.17, 15) is 28.8 Å². The van der Waals surface area contributed by atoms with E-state index in [4.69, 9.17) is 24.7 Å². The van der Waals surface area contributed by atoms with E-state index in [0.717, 1.165) is 0 Å². The Balaban J connectivity index is 0.859. The van der Waals surface area contributed by atoms with Crippen molar-refractivity contribution < 1.29 is 47.7 Å². The minimum atomic E-state index is -1.06. The monoisotopic (exact) mass is 917 g/mol. The van der Waals surface area contributed by atoms with Gasteiger partial charge in [0.05, 0.1) is 36.2 Å². The van der Waals surface area contributed by atoms with Crippen LogP contribution in [0.4, 0.5) is 22.9 Å². The van der Waals surface area contributed by atoms with E-state index in [1.807, 2.05) is 12.1 Å². The number of nitrogens with one attached hydrogen (secondary N) is 5. The van der Waals surface area contributed by atoms with Gasteiger partial charge in [-0.3, -0.25) is 38.8 Å². The van der Waals surface area contributed by atoms with Crippen LogP contribution in [0.2, 0.25) is 0 Å². The molecule has 0 saturated carbocycles. The summed E-state index contributed by atoms with van der Waals surface area (Å²) in [7, 11) is 6.31. The summed E-state index contributed by atoms with van der Waals surface area (Å²) in [5.74, 6) is -1.01. The molecule has 2 aliphatic rings. The molecule has 5 amide bonds. The van der Waals surface area contributed by atoms with Crippen molar-refractivity contribution in [1.82, 2.24) is 40.6 Å². The predicted molar refractivity (Wildman–Crippen MR) is 243 cm³/mol. The van der Waals surface area contributed by atoms with E-state index in [1.54, 1.807) is 79.7 Å². The third-order valence-corrected chi connectivity index (χ3v) is 11.2. The molecule has 4 heterocycles. The van der Waals surface area contributed by atoms with Crippen molar-refractivity contribution in [3.63, 3.8) is 0 Å². The Morgan fingerprint density at radius 2 is 1.73 bits per heavy atom. The molecule has 1 saturated heterocycles. The molecule has 7 rings (SSSR count). The fourth-order valence-corrected chi connectivity index (χ4v) is 7.69. The average molecular weight is 918 g/mol. The van der Waals surface area contributed by atoms with E-state index in [0.29, 0.717) is 88.3 Å². The molecule has 67 heavy (non-hydrogen) atoms. The number of methoxy groups -OCH3 is 2. The Kier molecular flexibility index (Phi) is 15.0. The highest BCUT2D eigenvalue weighted by molar-refractivity contribution is 6.06. The van der Waals surface area contributed by atoms with Gasteiger partial charge in [0.25, 0.3) is 17.7 Å². The molecule has 0 aliphatic carbocycles. The summed E-state index contributed by atoms with van der Waals surface area (Å²) < 4.78 is 24.3. The number of unbranched alkanes of at least 4 members (excludes halogenated alkanes) is 1. The summed E-state index contributed by atoms with van der Waals surface area (Å²) in [5.41, 5.74) is 9.45. The number of ether oxygens (including phenoxy) is 4. The highest BCUT2D eigenvalue weighted by atomic mass is 16.7.